The highest BCUT2D eigenvalue weighted by molar-refractivity contribution is 6.43. The van der Waals surface area contributed by atoms with Gasteiger partial charge >= 0.3 is 7.12 Å². The van der Waals surface area contributed by atoms with Gasteiger partial charge in [0.2, 0.25) is 0 Å². The fourth-order valence-electron chi connectivity index (χ4n) is 3.91. The monoisotopic (exact) mass is 194 g/mol. The van der Waals surface area contributed by atoms with Crippen molar-refractivity contribution in [1.29, 1.82) is 0 Å². The molecule has 2 saturated carbocycles. The quantitative estimate of drug-likeness (QED) is 0.552. The summed E-state index contributed by atoms with van der Waals surface area (Å²) in [6, 6.07) is 0. The average molecular weight is 194 g/mol. The van der Waals surface area contributed by atoms with Gasteiger partial charge in [-0.05, 0) is 32.5 Å². The lowest BCUT2D eigenvalue weighted by Crippen LogP contribution is -2.47. The average Bonchev–Trinajstić information content (AvgIpc) is 2.79. The molecule has 0 amide bonds. The van der Waals surface area contributed by atoms with E-state index in [9.17, 15) is 0 Å². The van der Waals surface area contributed by atoms with Crippen molar-refractivity contribution in [2.45, 2.75) is 69.4 Å². The number of rotatable bonds is 0. The minimum atomic E-state index is 0.0335. The Kier molecular flexibility index (Phi) is 1.97. The van der Waals surface area contributed by atoms with Crippen molar-refractivity contribution in [3.05, 3.63) is 0 Å². The highest BCUT2D eigenvalue weighted by Gasteiger charge is 2.61. The fraction of sp³-hybridized carbons (Fsp3) is 1.00. The highest BCUT2D eigenvalue weighted by atomic mass is 16.7. The zero-order valence-corrected chi connectivity index (χ0v) is 9.05. The smallest absolute Gasteiger partial charge is 0.403 e. The van der Waals surface area contributed by atoms with Crippen LogP contribution in [-0.2, 0) is 9.31 Å². The van der Waals surface area contributed by atoms with E-state index in [1.807, 2.05) is 0 Å². The molecule has 14 heavy (non-hydrogen) atoms. The van der Waals surface area contributed by atoms with E-state index in [0.29, 0.717) is 0 Å². The summed E-state index contributed by atoms with van der Waals surface area (Å²) in [6.07, 6.45) is 10.3. The van der Waals surface area contributed by atoms with E-state index < -0.39 is 0 Å². The second kappa shape index (κ2) is 2.99. The molecule has 3 heteroatoms. The molecule has 3 rings (SSSR count). The van der Waals surface area contributed by atoms with Gasteiger partial charge in [-0.2, -0.15) is 0 Å². The molecule has 0 aromatic rings. The van der Waals surface area contributed by atoms with Gasteiger partial charge in [0.1, 0.15) is 0 Å². The molecular weight excluding hydrogens is 175 g/mol. The van der Waals surface area contributed by atoms with Gasteiger partial charge in [-0.15, -0.1) is 0 Å². The van der Waals surface area contributed by atoms with Crippen LogP contribution in [0, 0.1) is 0 Å². The molecule has 2 spiro atoms. The van der Waals surface area contributed by atoms with Crippen LogP contribution in [0.4, 0.5) is 0 Å². The van der Waals surface area contributed by atoms with Gasteiger partial charge in [0.05, 0.1) is 11.2 Å². The Morgan fingerprint density at radius 3 is 1.50 bits per heavy atom. The van der Waals surface area contributed by atoms with Crippen LogP contribution in [-0.4, -0.2) is 18.3 Å². The van der Waals surface area contributed by atoms with Gasteiger partial charge in [0, 0.05) is 0 Å². The van der Waals surface area contributed by atoms with Gasteiger partial charge in [-0.25, -0.2) is 0 Å². The van der Waals surface area contributed by atoms with Crippen molar-refractivity contribution in [2.24, 2.45) is 0 Å². The van der Waals surface area contributed by atoms with Gasteiger partial charge in [-0.1, -0.05) is 25.7 Å². The van der Waals surface area contributed by atoms with Crippen LogP contribution < -0.4 is 0 Å². The molecule has 0 radical (unpaired) electrons. The van der Waals surface area contributed by atoms with Crippen LogP contribution in [0.15, 0.2) is 0 Å². The number of fused-ring (bicyclic) bond motifs is 1. The molecule has 2 aliphatic carbocycles. The lowest BCUT2D eigenvalue weighted by atomic mass is 9.80. The normalized spacial score (nSPS) is 33.6. The zero-order valence-electron chi connectivity index (χ0n) is 9.05. The van der Waals surface area contributed by atoms with E-state index in [-0.39, 0.29) is 18.3 Å². The van der Waals surface area contributed by atoms with Crippen molar-refractivity contribution in [1.82, 2.24) is 0 Å². The van der Waals surface area contributed by atoms with E-state index >= 15 is 0 Å². The molecule has 3 aliphatic rings. The van der Waals surface area contributed by atoms with E-state index in [0.717, 1.165) is 0 Å². The first kappa shape index (κ1) is 9.23. The van der Waals surface area contributed by atoms with Crippen LogP contribution in [0.5, 0.6) is 0 Å². The lowest BCUT2D eigenvalue weighted by Gasteiger charge is -2.39. The second-order valence-electron chi connectivity index (χ2n) is 5.21. The van der Waals surface area contributed by atoms with Crippen LogP contribution >= 0.6 is 0 Å². The molecule has 0 aromatic carbocycles. The maximum Gasteiger partial charge on any atom is 0.454 e. The predicted molar refractivity (Wildman–Crippen MR) is 56.2 cm³/mol. The van der Waals surface area contributed by atoms with E-state index in [4.69, 9.17) is 9.31 Å². The maximum atomic E-state index is 6.13. The van der Waals surface area contributed by atoms with Gasteiger partial charge < -0.3 is 9.31 Å². The second-order valence-corrected chi connectivity index (χ2v) is 5.21. The molecule has 1 heterocycles. The summed E-state index contributed by atoms with van der Waals surface area (Å²) in [5, 5.41) is 0. The molecule has 1 aliphatic heterocycles. The molecule has 2 nitrogen and oxygen atoms in total. The largest absolute Gasteiger partial charge is 0.454 e. The first-order chi connectivity index (χ1) is 6.77. The zero-order chi connectivity index (χ0) is 9.65. The molecule has 0 bridgehead atoms. The Morgan fingerprint density at radius 1 is 0.786 bits per heavy atom. The molecule has 0 aromatic heterocycles. The summed E-state index contributed by atoms with van der Waals surface area (Å²) in [5.74, 6) is 0. The standard InChI is InChI=1S/C11H19BO2/c1-12-13-10(6-2-3-7-10)11(14-12)8-4-5-9-11/h2-9H2,1H3. The topological polar surface area (TPSA) is 18.5 Å². The van der Waals surface area contributed by atoms with Crippen LogP contribution in [0.1, 0.15) is 51.4 Å². The molecule has 0 atom stereocenters. The Morgan fingerprint density at radius 2 is 1.14 bits per heavy atom. The summed E-state index contributed by atoms with van der Waals surface area (Å²) in [6.45, 7) is 2.06. The Balaban J connectivity index is 1.93. The molecule has 0 unspecified atom stereocenters. The minimum Gasteiger partial charge on any atom is -0.403 e. The Bertz CT molecular complexity index is 205. The molecule has 3 fully saturated rings. The summed E-state index contributed by atoms with van der Waals surface area (Å²) in [5.41, 5.74) is 0.228. The Hall–Kier alpha value is -0.0151. The van der Waals surface area contributed by atoms with Crippen LogP contribution in [0.3, 0.4) is 0 Å². The molecule has 0 N–H and O–H groups in total. The summed E-state index contributed by atoms with van der Waals surface area (Å²) >= 11 is 0. The van der Waals surface area contributed by atoms with Crippen molar-refractivity contribution in [2.75, 3.05) is 0 Å². The maximum absolute atomic E-state index is 6.13. The number of hydrogen-bond donors (Lipinski definition) is 0. The van der Waals surface area contributed by atoms with Gasteiger partial charge in [0.15, 0.2) is 0 Å². The lowest BCUT2D eigenvalue weighted by molar-refractivity contribution is -0.0400. The van der Waals surface area contributed by atoms with Gasteiger partial charge in [-0.3, -0.25) is 0 Å². The van der Waals surface area contributed by atoms with Crippen molar-refractivity contribution >= 4 is 7.12 Å². The van der Waals surface area contributed by atoms with E-state index in [1.54, 1.807) is 0 Å². The summed E-state index contributed by atoms with van der Waals surface area (Å²) in [4.78, 5) is 0. The van der Waals surface area contributed by atoms with E-state index in [1.165, 1.54) is 51.4 Å². The highest BCUT2D eigenvalue weighted by Crippen LogP contribution is 2.55. The molecular formula is C11H19BO2. The summed E-state index contributed by atoms with van der Waals surface area (Å²) < 4.78 is 12.3. The number of hydrogen-bond acceptors (Lipinski definition) is 2. The third kappa shape index (κ3) is 1.06. The molecule has 78 valence electrons. The first-order valence-electron chi connectivity index (χ1n) is 6.12. The van der Waals surface area contributed by atoms with Crippen molar-refractivity contribution in [3.8, 4) is 0 Å². The third-order valence-electron chi connectivity index (χ3n) is 4.44. The Labute approximate surface area is 86.5 Å². The first-order valence-corrected chi connectivity index (χ1v) is 6.12. The van der Waals surface area contributed by atoms with Crippen molar-refractivity contribution in [3.63, 3.8) is 0 Å². The van der Waals surface area contributed by atoms with E-state index in [2.05, 4.69) is 6.82 Å². The minimum absolute atomic E-state index is 0.0335. The van der Waals surface area contributed by atoms with Crippen LogP contribution in [0.2, 0.25) is 6.82 Å². The third-order valence-corrected chi connectivity index (χ3v) is 4.44. The van der Waals surface area contributed by atoms with Crippen LogP contribution in [0.25, 0.3) is 0 Å². The van der Waals surface area contributed by atoms with Gasteiger partial charge in [0.25, 0.3) is 0 Å². The molecule has 1 saturated heterocycles. The predicted octanol–water partition coefficient (Wildman–Crippen LogP) is 2.78. The fourth-order valence-corrected chi connectivity index (χ4v) is 3.91. The SMILES string of the molecule is CB1OC2(CCCC2)C2(CCCC2)O1. The van der Waals surface area contributed by atoms with Crippen molar-refractivity contribution < 1.29 is 9.31 Å². The summed E-state index contributed by atoms with van der Waals surface area (Å²) in [7, 11) is 0.0335.